The Balaban J connectivity index is 1.44. The molecule has 0 bridgehead atoms. The molecule has 1 saturated heterocycles. The third kappa shape index (κ3) is 2.90. The second-order valence-electron chi connectivity index (χ2n) is 6.92. The molecule has 1 aliphatic carbocycles. The number of carbonyl (C=O) groups excluding carboxylic acids is 1. The van der Waals surface area contributed by atoms with Crippen LogP contribution in [0, 0.1) is 5.92 Å². The van der Waals surface area contributed by atoms with Gasteiger partial charge in [-0.25, -0.2) is 0 Å². The Labute approximate surface area is 136 Å². The minimum atomic E-state index is 0.0130. The highest BCUT2D eigenvalue weighted by Crippen LogP contribution is 2.40. The predicted octanol–water partition coefficient (Wildman–Crippen LogP) is 3.82. The van der Waals surface area contributed by atoms with E-state index in [1.807, 2.05) is 11.0 Å². The summed E-state index contributed by atoms with van der Waals surface area (Å²) in [6, 6.07) is 12.5. The van der Waals surface area contributed by atoms with Crippen molar-refractivity contribution in [2.24, 2.45) is 5.92 Å². The van der Waals surface area contributed by atoms with Gasteiger partial charge in [0.25, 0.3) is 5.91 Å². The van der Waals surface area contributed by atoms with Crippen molar-refractivity contribution >= 4 is 5.91 Å². The van der Waals surface area contributed by atoms with Gasteiger partial charge in [0.2, 0.25) is 0 Å². The van der Waals surface area contributed by atoms with Crippen molar-refractivity contribution in [3.8, 4) is 0 Å². The van der Waals surface area contributed by atoms with Gasteiger partial charge >= 0.3 is 0 Å². The molecule has 0 radical (unpaired) electrons. The van der Waals surface area contributed by atoms with Crippen LogP contribution in [0.2, 0.25) is 0 Å². The molecular formula is C19H22N2O2. The highest BCUT2D eigenvalue weighted by atomic mass is 16.5. The van der Waals surface area contributed by atoms with E-state index >= 15 is 0 Å². The molecule has 0 unspecified atom stereocenters. The lowest BCUT2D eigenvalue weighted by molar-refractivity contribution is 0.0650. The monoisotopic (exact) mass is 310 g/mol. The molecule has 4 heteroatoms. The Morgan fingerprint density at radius 1 is 1.22 bits per heavy atom. The van der Waals surface area contributed by atoms with E-state index in [2.05, 4.69) is 42.4 Å². The van der Waals surface area contributed by atoms with E-state index in [-0.39, 0.29) is 5.91 Å². The molecular weight excluding hydrogens is 288 g/mol. The van der Waals surface area contributed by atoms with Crippen LogP contribution in [-0.2, 0) is 0 Å². The van der Waals surface area contributed by atoms with Crippen molar-refractivity contribution in [1.29, 1.82) is 0 Å². The summed E-state index contributed by atoms with van der Waals surface area (Å²) in [5.74, 6) is 2.36. The zero-order valence-electron chi connectivity index (χ0n) is 13.4. The SMILES string of the molecule is C[C@H]1CN(C(=O)c2cc(C3CC3)on2)CC[C@@H]1c1ccccc1. The largest absolute Gasteiger partial charge is 0.360 e. The number of piperidine rings is 1. The van der Waals surface area contributed by atoms with Gasteiger partial charge < -0.3 is 9.42 Å². The number of hydrogen-bond acceptors (Lipinski definition) is 3. The molecule has 1 saturated carbocycles. The van der Waals surface area contributed by atoms with E-state index in [0.717, 1.165) is 38.1 Å². The van der Waals surface area contributed by atoms with Gasteiger partial charge in [0.1, 0.15) is 5.76 Å². The summed E-state index contributed by atoms with van der Waals surface area (Å²) in [4.78, 5) is 14.6. The minimum absolute atomic E-state index is 0.0130. The summed E-state index contributed by atoms with van der Waals surface area (Å²) in [6.07, 6.45) is 3.31. The van der Waals surface area contributed by atoms with Gasteiger partial charge in [-0.1, -0.05) is 42.4 Å². The molecule has 1 aromatic carbocycles. The number of hydrogen-bond donors (Lipinski definition) is 0. The van der Waals surface area contributed by atoms with Crippen LogP contribution in [0.5, 0.6) is 0 Å². The van der Waals surface area contributed by atoms with Crippen LogP contribution in [0.4, 0.5) is 0 Å². The molecule has 1 amide bonds. The third-order valence-corrected chi connectivity index (χ3v) is 5.15. The molecule has 2 aliphatic rings. The molecule has 2 aromatic rings. The summed E-state index contributed by atoms with van der Waals surface area (Å²) < 4.78 is 5.32. The Morgan fingerprint density at radius 3 is 2.70 bits per heavy atom. The smallest absolute Gasteiger partial charge is 0.276 e. The van der Waals surface area contributed by atoms with Crippen molar-refractivity contribution in [3.63, 3.8) is 0 Å². The maximum absolute atomic E-state index is 12.6. The second kappa shape index (κ2) is 5.84. The van der Waals surface area contributed by atoms with E-state index in [0.29, 0.717) is 23.4 Å². The number of carbonyl (C=O) groups is 1. The molecule has 1 aliphatic heterocycles. The molecule has 2 fully saturated rings. The Morgan fingerprint density at radius 2 is 2.00 bits per heavy atom. The fourth-order valence-corrected chi connectivity index (χ4v) is 3.64. The lowest BCUT2D eigenvalue weighted by atomic mass is 9.81. The average Bonchev–Trinajstić information content (AvgIpc) is 3.32. The van der Waals surface area contributed by atoms with Gasteiger partial charge in [0, 0.05) is 25.1 Å². The van der Waals surface area contributed by atoms with Crippen molar-refractivity contribution in [3.05, 3.63) is 53.4 Å². The Kier molecular flexibility index (Phi) is 3.68. The van der Waals surface area contributed by atoms with Gasteiger partial charge in [0.05, 0.1) is 0 Å². The topological polar surface area (TPSA) is 46.3 Å². The molecule has 0 N–H and O–H groups in total. The van der Waals surface area contributed by atoms with Gasteiger partial charge in [0.15, 0.2) is 5.69 Å². The van der Waals surface area contributed by atoms with Gasteiger partial charge in [-0.2, -0.15) is 0 Å². The zero-order chi connectivity index (χ0) is 15.8. The van der Waals surface area contributed by atoms with Crippen molar-refractivity contribution < 1.29 is 9.32 Å². The first kappa shape index (κ1) is 14.5. The molecule has 2 atom stereocenters. The van der Waals surface area contributed by atoms with Crippen molar-refractivity contribution in [1.82, 2.24) is 10.1 Å². The quantitative estimate of drug-likeness (QED) is 0.866. The van der Waals surface area contributed by atoms with Crippen LogP contribution in [0.3, 0.4) is 0 Å². The molecule has 120 valence electrons. The summed E-state index contributed by atoms with van der Waals surface area (Å²) in [7, 11) is 0. The number of nitrogens with zero attached hydrogens (tertiary/aromatic N) is 2. The number of likely N-dealkylation sites (tertiary alicyclic amines) is 1. The summed E-state index contributed by atoms with van der Waals surface area (Å²) >= 11 is 0. The maximum Gasteiger partial charge on any atom is 0.276 e. The standard InChI is InChI=1S/C19H22N2O2/c1-13-12-21(10-9-16(13)14-5-3-2-4-6-14)19(22)17-11-18(23-20-17)15-7-8-15/h2-6,11,13,15-16H,7-10,12H2,1H3/t13-,16-/m0/s1. The summed E-state index contributed by atoms with van der Waals surface area (Å²) in [6.45, 7) is 3.80. The van der Waals surface area contributed by atoms with Crippen LogP contribution < -0.4 is 0 Å². The molecule has 1 aromatic heterocycles. The van der Waals surface area contributed by atoms with E-state index in [1.54, 1.807) is 0 Å². The first-order valence-corrected chi connectivity index (χ1v) is 8.53. The van der Waals surface area contributed by atoms with Crippen LogP contribution in [0.15, 0.2) is 40.9 Å². The van der Waals surface area contributed by atoms with Gasteiger partial charge in [-0.3, -0.25) is 4.79 Å². The van der Waals surface area contributed by atoms with Crippen molar-refractivity contribution in [2.75, 3.05) is 13.1 Å². The second-order valence-corrected chi connectivity index (χ2v) is 6.92. The van der Waals surface area contributed by atoms with Crippen LogP contribution >= 0.6 is 0 Å². The van der Waals surface area contributed by atoms with Gasteiger partial charge in [-0.15, -0.1) is 0 Å². The predicted molar refractivity (Wildman–Crippen MR) is 87.3 cm³/mol. The van der Waals surface area contributed by atoms with Crippen LogP contribution in [0.25, 0.3) is 0 Å². The fraction of sp³-hybridized carbons (Fsp3) is 0.474. The first-order valence-electron chi connectivity index (χ1n) is 8.53. The average molecular weight is 310 g/mol. The normalized spacial score (nSPS) is 24.7. The fourth-order valence-electron chi connectivity index (χ4n) is 3.64. The molecule has 0 spiro atoms. The lowest BCUT2D eigenvalue weighted by Gasteiger charge is -2.36. The molecule has 23 heavy (non-hydrogen) atoms. The highest BCUT2D eigenvalue weighted by molar-refractivity contribution is 5.92. The first-order chi connectivity index (χ1) is 11.2. The Bertz CT molecular complexity index is 690. The van der Waals surface area contributed by atoms with Crippen molar-refractivity contribution in [2.45, 2.75) is 38.0 Å². The van der Waals surface area contributed by atoms with E-state index < -0.39 is 0 Å². The van der Waals surface area contributed by atoms with Crippen LogP contribution in [-0.4, -0.2) is 29.1 Å². The zero-order valence-corrected chi connectivity index (χ0v) is 13.4. The minimum Gasteiger partial charge on any atom is -0.360 e. The summed E-state index contributed by atoms with van der Waals surface area (Å²) in [5, 5.41) is 3.99. The number of rotatable bonds is 3. The Hall–Kier alpha value is -2.10. The van der Waals surface area contributed by atoms with E-state index in [9.17, 15) is 4.79 Å². The maximum atomic E-state index is 12.6. The lowest BCUT2D eigenvalue weighted by Crippen LogP contribution is -2.42. The number of benzene rings is 1. The van der Waals surface area contributed by atoms with Gasteiger partial charge in [-0.05, 0) is 36.7 Å². The summed E-state index contributed by atoms with van der Waals surface area (Å²) in [5.41, 5.74) is 1.85. The van der Waals surface area contributed by atoms with E-state index in [4.69, 9.17) is 4.52 Å². The number of amides is 1. The van der Waals surface area contributed by atoms with E-state index in [1.165, 1.54) is 5.56 Å². The molecule has 4 nitrogen and oxygen atoms in total. The third-order valence-electron chi connectivity index (χ3n) is 5.15. The molecule has 2 heterocycles. The molecule has 4 rings (SSSR count). The number of aromatic nitrogens is 1. The van der Waals surface area contributed by atoms with Crippen LogP contribution in [0.1, 0.15) is 59.8 Å². The highest BCUT2D eigenvalue weighted by Gasteiger charge is 2.33.